The molecule has 0 aromatic rings. The first-order valence-electron chi connectivity index (χ1n) is 33.5. The van der Waals surface area contributed by atoms with E-state index in [1.54, 1.807) is 0 Å². The van der Waals surface area contributed by atoms with Crippen molar-refractivity contribution < 1.29 is 28.6 Å². The fourth-order valence-corrected chi connectivity index (χ4v) is 9.20. The number of hydrogen-bond acceptors (Lipinski definition) is 6. The van der Waals surface area contributed by atoms with Gasteiger partial charge in [0, 0.05) is 19.3 Å². The fraction of sp³-hybridized carbons (Fsp3) is 0.689. The molecule has 0 aliphatic heterocycles. The average molecular weight is 1110 g/mol. The van der Waals surface area contributed by atoms with E-state index in [9.17, 15) is 14.4 Å². The van der Waals surface area contributed by atoms with E-state index in [2.05, 4.69) is 142 Å². The number of allylic oxidation sites excluding steroid dienone is 20. The summed E-state index contributed by atoms with van der Waals surface area (Å²) in [7, 11) is 0. The first-order valence-corrected chi connectivity index (χ1v) is 33.5. The highest BCUT2D eigenvalue weighted by Gasteiger charge is 2.19. The van der Waals surface area contributed by atoms with Gasteiger partial charge in [-0.15, -0.1) is 0 Å². The quantitative estimate of drug-likeness (QED) is 0.0261. The van der Waals surface area contributed by atoms with Crippen molar-refractivity contribution in [3.63, 3.8) is 0 Å². The van der Waals surface area contributed by atoms with Crippen molar-refractivity contribution in [2.45, 2.75) is 316 Å². The highest BCUT2D eigenvalue weighted by molar-refractivity contribution is 5.71. The molecule has 80 heavy (non-hydrogen) atoms. The van der Waals surface area contributed by atoms with Crippen molar-refractivity contribution in [1.29, 1.82) is 0 Å². The largest absolute Gasteiger partial charge is 0.462 e. The van der Waals surface area contributed by atoms with E-state index in [1.807, 2.05) is 0 Å². The Kier molecular flexibility index (Phi) is 63.8. The molecule has 6 nitrogen and oxygen atoms in total. The molecule has 0 amide bonds. The summed E-state index contributed by atoms with van der Waals surface area (Å²) in [6.45, 7) is 6.46. The minimum Gasteiger partial charge on any atom is -0.462 e. The molecule has 456 valence electrons. The van der Waals surface area contributed by atoms with Crippen molar-refractivity contribution in [2.75, 3.05) is 13.2 Å². The fourth-order valence-electron chi connectivity index (χ4n) is 9.20. The van der Waals surface area contributed by atoms with Gasteiger partial charge in [-0.1, -0.05) is 296 Å². The molecule has 0 saturated heterocycles. The SMILES string of the molecule is CC/C=C\C/C=C\C/C=C\C/C=C\C/C=C\C/C=C\C/C=C\C/C=C\CCCCCCCCC(=O)OCC(COC(=O)CCCCCCCC)OC(=O)CCCCCCCCCCCCCCC/C=C\C/C=C\CCCCCCC. The molecule has 0 spiro atoms. The summed E-state index contributed by atoms with van der Waals surface area (Å²) >= 11 is 0. The number of rotatable bonds is 60. The Hall–Kier alpha value is -4.19. The van der Waals surface area contributed by atoms with E-state index in [0.29, 0.717) is 19.3 Å². The van der Waals surface area contributed by atoms with Gasteiger partial charge in [0.2, 0.25) is 0 Å². The van der Waals surface area contributed by atoms with Gasteiger partial charge in [-0.25, -0.2) is 0 Å². The molecule has 1 unspecified atom stereocenters. The van der Waals surface area contributed by atoms with Gasteiger partial charge in [0.05, 0.1) is 0 Å². The number of carbonyl (C=O) groups excluding carboxylic acids is 3. The molecule has 0 aromatic carbocycles. The first-order chi connectivity index (χ1) is 39.5. The van der Waals surface area contributed by atoms with Crippen LogP contribution in [0.5, 0.6) is 0 Å². The molecule has 0 rings (SSSR count). The molecule has 0 heterocycles. The van der Waals surface area contributed by atoms with E-state index < -0.39 is 6.10 Å². The van der Waals surface area contributed by atoms with Crippen molar-refractivity contribution in [3.05, 3.63) is 122 Å². The maximum Gasteiger partial charge on any atom is 0.306 e. The minimum atomic E-state index is -0.785. The van der Waals surface area contributed by atoms with Gasteiger partial charge in [-0.05, 0) is 116 Å². The summed E-state index contributed by atoms with van der Waals surface area (Å²) in [6.07, 6.45) is 93.9. The summed E-state index contributed by atoms with van der Waals surface area (Å²) in [5.41, 5.74) is 0. The van der Waals surface area contributed by atoms with Crippen molar-refractivity contribution in [1.82, 2.24) is 0 Å². The van der Waals surface area contributed by atoms with Crippen molar-refractivity contribution in [2.24, 2.45) is 0 Å². The molecule has 0 N–H and O–H groups in total. The molecule has 1 atom stereocenters. The summed E-state index contributed by atoms with van der Waals surface area (Å²) in [6, 6.07) is 0. The Balaban J connectivity index is 4.13. The van der Waals surface area contributed by atoms with Crippen LogP contribution in [0, 0.1) is 0 Å². The molecule has 0 radical (unpaired) electrons. The summed E-state index contributed by atoms with van der Waals surface area (Å²) in [4.78, 5) is 38.1. The van der Waals surface area contributed by atoms with Crippen LogP contribution in [-0.4, -0.2) is 37.2 Å². The van der Waals surface area contributed by atoms with Crippen LogP contribution in [-0.2, 0) is 28.6 Å². The van der Waals surface area contributed by atoms with Gasteiger partial charge in [-0.3, -0.25) is 14.4 Å². The lowest BCUT2D eigenvalue weighted by Gasteiger charge is -2.18. The predicted molar refractivity (Wildman–Crippen MR) is 348 cm³/mol. The van der Waals surface area contributed by atoms with Gasteiger partial charge in [0.15, 0.2) is 6.10 Å². The van der Waals surface area contributed by atoms with Crippen LogP contribution in [0.1, 0.15) is 310 Å². The number of ether oxygens (including phenoxy) is 3. The molecule has 0 saturated carbocycles. The summed E-state index contributed by atoms with van der Waals surface area (Å²) in [5, 5.41) is 0. The predicted octanol–water partition coefficient (Wildman–Crippen LogP) is 23.2. The van der Waals surface area contributed by atoms with E-state index >= 15 is 0 Å². The smallest absolute Gasteiger partial charge is 0.306 e. The van der Waals surface area contributed by atoms with Crippen LogP contribution in [0.15, 0.2) is 122 Å². The van der Waals surface area contributed by atoms with Crippen LogP contribution >= 0.6 is 0 Å². The lowest BCUT2D eigenvalue weighted by molar-refractivity contribution is -0.167. The monoisotopic (exact) mass is 1110 g/mol. The third-order valence-corrected chi connectivity index (χ3v) is 14.2. The molecule has 0 aliphatic rings. The van der Waals surface area contributed by atoms with Gasteiger partial charge < -0.3 is 14.2 Å². The van der Waals surface area contributed by atoms with E-state index in [4.69, 9.17) is 14.2 Å². The third-order valence-electron chi connectivity index (χ3n) is 14.2. The van der Waals surface area contributed by atoms with Crippen molar-refractivity contribution >= 4 is 17.9 Å². The standard InChI is InChI=1S/C74H124O6/c1-4-7-10-13-16-18-20-22-24-26-28-30-32-34-35-36-37-38-39-41-42-44-46-48-50-52-54-56-58-61-64-67-73(76)79-70-71(69-78-72(75)66-63-60-15-12-9-6-3)80-74(77)68-65-62-59-57-55-53-51-49-47-45-43-40-33-31-29-27-25-23-21-19-17-14-11-8-5-2/h7,10,16,18,21-24,27-30,34-35,37-38,41-42,46,48,71H,4-6,8-9,11-15,17,19-20,25-26,31-33,36,39-40,43-45,47,49-70H2,1-3H3/b10-7-,18-16-,23-21-,24-22-,29-27-,30-28-,35-34-,38-37-,42-41-,48-46-. The Morgan fingerprint density at radius 2 is 0.487 bits per heavy atom. The molecule has 0 fully saturated rings. The normalized spacial score (nSPS) is 12.9. The lowest BCUT2D eigenvalue weighted by Crippen LogP contribution is -2.30. The van der Waals surface area contributed by atoms with Crippen molar-refractivity contribution in [3.8, 4) is 0 Å². The Bertz CT molecular complexity index is 1650. The molecular formula is C74H124O6. The van der Waals surface area contributed by atoms with E-state index in [-0.39, 0.29) is 31.1 Å². The number of hydrogen-bond donors (Lipinski definition) is 0. The maximum absolute atomic E-state index is 12.9. The summed E-state index contributed by atoms with van der Waals surface area (Å²) < 4.78 is 16.8. The Morgan fingerprint density at radius 1 is 0.263 bits per heavy atom. The average Bonchev–Trinajstić information content (AvgIpc) is 3.46. The van der Waals surface area contributed by atoms with Gasteiger partial charge in [0.1, 0.15) is 13.2 Å². The van der Waals surface area contributed by atoms with Crippen LogP contribution in [0.4, 0.5) is 0 Å². The molecular weight excluding hydrogens is 985 g/mol. The Morgan fingerprint density at radius 3 is 0.762 bits per heavy atom. The zero-order chi connectivity index (χ0) is 57.8. The second kappa shape index (κ2) is 67.3. The number of unbranched alkanes of at least 4 members (excludes halogenated alkanes) is 29. The summed E-state index contributed by atoms with van der Waals surface area (Å²) in [5.74, 6) is -0.903. The van der Waals surface area contributed by atoms with Crippen LogP contribution in [0.2, 0.25) is 0 Å². The Labute approximate surface area is 494 Å². The number of esters is 3. The van der Waals surface area contributed by atoms with Gasteiger partial charge >= 0.3 is 17.9 Å². The highest BCUT2D eigenvalue weighted by atomic mass is 16.6. The third kappa shape index (κ3) is 64.6. The molecule has 0 aliphatic carbocycles. The molecule has 0 aromatic heterocycles. The zero-order valence-electron chi connectivity index (χ0n) is 52.3. The second-order valence-electron chi connectivity index (χ2n) is 22.0. The molecule has 6 heteroatoms. The number of carbonyl (C=O) groups is 3. The lowest BCUT2D eigenvalue weighted by atomic mass is 10.0. The van der Waals surface area contributed by atoms with E-state index in [0.717, 1.165) is 128 Å². The van der Waals surface area contributed by atoms with Gasteiger partial charge in [0.25, 0.3) is 0 Å². The molecule has 0 bridgehead atoms. The topological polar surface area (TPSA) is 78.9 Å². The maximum atomic E-state index is 12.9. The van der Waals surface area contributed by atoms with Crippen LogP contribution in [0.25, 0.3) is 0 Å². The first kappa shape index (κ1) is 75.8. The van der Waals surface area contributed by atoms with Gasteiger partial charge in [-0.2, -0.15) is 0 Å². The highest BCUT2D eigenvalue weighted by Crippen LogP contribution is 2.16. The minimum absolute atomic E-state index is 0.0834. The second-order valence-corrected chi connectivity index (χ2v) is 22.0. The van der Waals surface area contributed by atoms with Crippen LogP contribution < -0.4 is 0 Å². The zero-order valence-corrected chi connectivity index (χ0v) is 52.3. The van der Waals surface area contributed by atoms with Crippen LogP contribution in [0.3, 0.4) is 0 Å². The van der Waals surface area contributed by atoms with E-state index in [1.165, 1.54) is 141 Å².